The number of aromatic amines is 1. The van der Waals surface area contributed by atoms with Gasteiger partial charge in [-0.1, -0.05) is 61.4 Å². The lowest BCUT2D eigenvalue weighted by Gasteiger charge is -2.03. The third kappa shape index (κ3) is 4.11. The highest BCUT2D eigenvalue weighted by Gasteiger charge is 2.20. The molecule has 0 unspecified atom stereocenters. The highest BCUT2D eigenvalue weighted by Crippen LogP contribution is 2.39. The van der Waals surface area contributed by atoms with Crippen molar-refractivity contribution in [3.63, 3.8) is 0 Å². The second-order valence-electron chi connectivity index (χ2n) is 6.02. The lowest BCUT2D eigenvalue weighted by molar-refractivity contribution is -0.134. The lowest BCUT2D eigenvalue weighted by Crippen LogP contribution is -2.09. The first-order chi connectivity index (χ1) is 12.6. The minimum atomic E-state index is -0.277. The Balaban J connectivity index is 1.94. The van der Waals surface area contributed by atoms with Crippen LogP contribution in [0.15, 0.2) is 41.2 Å². The molecule has 3 rings (SSSR count). The van der Waals surface area contributed by atoms with Gasteiger partial charge in [0.05, 0.1) is 5.69 Å². The van der Waals surface area contributed by atoms with Crippen molar-refractivity contribution in [3.05, 3.63) is 46.8 Å². The number of rotatable bonds is 7. The topological polar surface area (TPSA) is 77.0 Å². The normalized spacial score (nSPS) is 10.8. The average Bonchev–Trinajstić information content (AvgIpc) is 3.19. The summed E-state index contributed by atoms with van der Waals surface area (Å²) in [6.07, 6.45) is 3.21. The summed E-state index contributed by atoms with van der Waals surface area (Å²) in [4.78, 5) is 28.6. The second kappa shape index (κ2) is 8.14. The number of aryl methyl sites for hydroxylation is 1. The molecule has 0 bridgehead atoms. The number of benzene rings is 1. The number of carbonyl (C=O) groups is 1. The van der Waals surface area contributed by atoms with Crippen LogP contribution in [0.5, 0.6) is 5.06 Å². The van der Waals surface area contributed by atoms with Gasteiger partial charge in [-0.2, -0.15) is 0 Å². The number of nitrogens with zero attached hydrogens (tertiary/aromatic N) is 2. The number of hydrogen-bond acceptors (Lipinski definition) is 5. The predicted molar refractivity (Wildman–Crippen MR) is 102 cm³/mol. The van der Waals surface area contributed by atoms with Gasteiger partial charge in [0.25, 0.3) is 5.56 Å². The first kappa shape index (κ1) is 18.1. The van der Waals surface area contributed by atoms with Gasteiger partial charge in [0.1, 0.15) is 10.7 Å². The molecule has 0 aliphatic heterocycles. The maximum absolute atomic E-state index is 12.2. The van der Waals surface area contributed by atoms with Crippen LogP contribution >= 0.6 is 11.3 Å². The van der Waals surface area contributed by atoms with Gasteiger partial charge < -0.3 is 4.74 Å². The molecule has 1 aromatic carbocycles. The van der Waals surface area contributed by atoms with Gasteiger partial charge in [-0.05, 0) is 6.42 Å². The van der Waals surface area contributed by atoms with E-state index in [0.29, 0.717) is 22.9 Å². The largest absolute Gasteiger partial charge is 0.413 e. The zero-order valence-corrected chi connectivity index (χ0v) is 15.6. The molecule has 2 aromatic heterocycles. The van der Waals surface area contributed by atoms with E-state index in [2.05, 4.69) is 17.0 Å². The maximum Gasteiger partial charge on any atom is 0.312 e. The molecule has 0 spiro atoms. The van der Waals surface area contributed by atoms with E-state index in [4.69, 9.17) is 4.74 Å². The van der Waals surface area contributed by atoms with E-state index in [9.17, 15) is 9.59 Å². The fraction of sp³-hybridized carbons (Fsp3) is 0.316. The molecule has 0 amide bonds. The molecular weight excluding hydrogens is 350 g/mol. The summed E-state index contributed by atoms with van der Waals surface area (Å²) in [6, 6.07) is 11.1. The van der Waals surface area contributed by atoms with Crippen molar-refractivity contribution in [1.29, 1.82) is 0 Å². The van der Waals surface area contributed by atoms with Crippen molar-refractivity contribution in [3.8, 4) is 27.0 Å². The quantitative estimate of drug-likeness (QED) is 0.503. The summed E-state index contributed by atoms with van der Waals surface area (Å²) in [7, 11) is 1.63. The van der Waals surface area contributed by atoms with Gasteiger partial charge in [-0.15, -0.1) is 0 Å². The number of unbranched alkanes of at least 4 members (excludes halogenated alkanes) is 2. The first-order valence-corrected chi connectivity index (χ1v) is 9.43. The summed E-state index contributed by atoms with van der Waals surface area (Å²) >= 11 is 1.30. The maximum atomic E-state index is 12.2. The van der Waals surface area contributed by atoms with E-state index in [-0.39, 0.29) is 11.5 Å². The highest BCUT2D eigenvalue weighted by atomic mass is 32.1. The van der Waals surface area contributed by atoms with Gasteiger partial charge in [-0.3, -0.25) is 19.4 Å². The van der Waals surface area contributed by atoms with Crippen molar-refractivity contribution >= 4 is 17.3 Å². The molecule has 0 radical (unpaired) electrons. The summed E-state index contributed by atoms with van der Waals surface area (Å²) < 4.78 is 6.95. The van der Waals surface area contributed by atoms with E-state index in [0.717, 1.165) is 29.8 Å². The average molecular weight is 371 g/mol. The van der Waals surface area contributed by atoms with Crippen molar-refractivity contribution in [2.45, 2.75) is 32.6 Å². The fourth-order valence-electron chi connectivity index (χ4n) is 2.53. The minimum absolute atomic E-state index is 0.172. The molecule has 0 aliphatic carbocycles. The Morgan fingerprint density at radius 1 is 1.27 bits per heavy atom. The Morgan fingerprint density at radius 2 is 2.04 bits per heavy atom. The zero-order valence-electron chi connectivity index (χ0n) is 14.8. The standard InChI is InChI=1S/C19H21N3O3S/c1-3-4-6-11-16(24)25-19-17(14-12-15(23)22(2)21-14)20-18(26-19)13-9-7-5-8-10-13/h5,7-10,12,21H,3-4,6,11H2,1-2H3. The Labute approximate surface area is 155 Å². The Morgan fingerprint density at radius 3 is 2.69 bits per heavy atom. The molecule has 26 heavy (non-hydrogen) atoms. The number of nitrogens with one attached hydrogen (secondary N) is 1. The van der Waals surface area contributed by atoms with Crippen LogP contribution in [0, 0.1) is 0 Å². The van der Waals surface area contributed by atoms with Crippen LogP contribution in [0.25, 0.3) is 22.0 Å². The first-order valence-electron chi connectivity index (χ1n) is 8.62. The van der Waals surface area contributed by atoms with Crippen LogP contribution in [0.2, 0.25) is 0 Å². The molecule has 3 aromatic rings. The minimum Gasteiger partial charge on any atom is -0.413 e. The number of H-pyrrole nitrogens is 1. The number of aromatic nitrogens is 3. The third-order valence-electron chi connectivity index (χ3n) is 3.95. The van der Waals surface area contributed by atoms with Gasteiger partial charge >= 0.3 is 5.97 Å². The predicted octanol–water partition coefficient (Wildman–Crippen LogP) is 3.99. The molecule has 0 saturated heterocycles. The van der Waals surface area contributed by atoms with Crippen molar-refractivity contribution in [1.82, 2.24) is 14.8 Å². The zero-order chi connectivity index (χ0) is 18.5. The summed E-state index contributed by atoms with van der Waals surface area (Å²) in [6.45, 7) is 2.09. The molecule has 7 heteroatoms. The van der Waals surface area contributed by atoms with Crippen molar-refractivity contribution < 1.29 is 9.53 Å². The van der Waals surface area contributed by atoms with Crippen molar-refractivity contribution in [2.24, 2.45) is 7.05 Å². The molecular formula is C19H21N3O3S. The molecule has 0 atom stereocenters. The van der Waals surface area contributed by atoms with Crippen LogP contribution in [0.1, 0.15) is 32.6 Å². The fourth-order valence-corrected chi connectivity index (χ4v) is 3.49. The number of thiazole rings is 1. The summed E-state index contributed by atoms with van der Waals surface area (Å²) in [5.41, 5.74) is 1.78. The number of hydrogen-bond donors (Lipinski definition) is 1. The lowest BCUT2D eigenvalue weighted by atomic mass is 10.2. The Hall–Kier alpha value is -2.67. The van der Waals surface area contributed by atoms with Crippen LogP contribution < -0.4 is 10.3 Å². The van der Waals surface area contributed by atoms with Crippen LogP contribution in [0.4, 0.5) is 0 Å². The number of esters is 1. The smallest absolute Gasteiger partial charge is 0.312 e. The molecule has 1 N–H and O–H groups in total. The van der Waals surface area contributed by atoms with Gasteiger partial charge in [0, 0.05) is 25.1 Å². The monoisotopic (exact) mass is 371 g/mol. The molecule has 0 aliphatic rings. The van der Waals surface area contributed by atoms with E-state index in [1.807, 2.05) is 30.3 Å². The Bertz CT molecular complexity index is 941. The highest BCUT2D eigenvalue weighted by molar-refractivity contribution is 7.17. The van der Waals surface area contributed by atoms with Crippen molar-refractivity contribution in [2.75, 3.05) is 0 Å². The molecule has 6 nitrogen and oxygen atoms in total. The number of ether oxygens (including phenoxy) is 1. The second-order valence-corrected chi connectivity index (χ2v) is 6.98. The Kier molecular flexibility index (Phi) is 5.68. The summed E-state index contributed by atoms with van der Waals surface area (Å²) in [5, 5.41) is 4.10. The van der Waals surface area contributed by atoms with Gasteiger partial charge in [-0.25, -0.2) is 4.98 Å². The SMILES string of the molecule is CCCCCC(=O)Oc1sc(-c2ccccc2)nc1-c1cc(=O)n(C)[nH]1. The molecule has 0 saturated carbocycles. The van der Waals surface area contributed by atoms with E-state index >= 15 is 0 Å². The molecule has 2 heterocycles. The van der Waals surface area contributed by atoms with Crippen LogP contribution in [-0.4, -0.2) is 20.7 Å². The van der Waals surface area contributed by atoms with Gasteiger partial charge in [0.2, 0.25) is 5.06 Å². The van der Waals surface area contributed by atoms with E-state index in [1.165, 1.54) is 22.1 Å². The molecule has 136 valence electrons. The van der Waals surface area contributed by atoms with E-state index < -0.39 is 0 Å². The van der Waals surface area contributed by atoms with Gasteiger partial charge in [0.15, 0.2) is 0 Å². The third-order valence-corrected chi connectivity index (χ3v) is 4.93. The van der Waals surface area contributed by atoms with Crippen LogP contribution in [-0.2, 0) is 11.8 Å². The van der Waals surface area contributed by atoms with E-state index in [1.54, 1.807) is 7.05 Å². The molecule has 0 fully saturated rings. The number of carbonyl (C=O) groups excluding carboxylic acids is 1. The van der Waals surface area contributed by atoms with Crippen LogP contribution in [0.3, 0.4) is 0 Å². The summed E-state index contributed by atoms with van der Waals surface area (Å²) in [5.74, 6) is -0.277.